The molecule has 0 bridgehead atoms. The third kappa shape index (κ3) is 1.07. The van der Waals surface area contributed by atoms with E-state index in [4.69, 9.17) is 24.7 Å². The van der Waals surface area contributed by atoms with Crippen LogP contribution in [0.25, 0.3) is 0 Å². The number of fused-ring (bicyclic) bond motifs is 1. The molecule has 1 heterocycles. The topological polar surface area (TPSA) is 141 Å². The van der Waals surface area contributed by atoms with Gasteiger partial charge in [0.05, 0.1) is 6.61 Å². The standard InChI is InChI=1S/C7H9O8P/c8-4(9)6-1-3(6)7(2-15-6,5(10)11)16(12,13)14/h3H,1-2H2,(H,8,9)(H,10,11)(H2,12,13,14). The van der Waals surface area contributed by atoms with Gasteiger partial charge in [-0.05, 0) is 6.42 Å². The maximum absolute atomic E-state index is 11.2. The Morgan fingerprint density at radius 2 is 1.81 bits per heavy atom. The molecule has 1 saturated carbocycles. The Bertz CT molecular complexity index is 426. The second kappa shape index (κ2) is 2.84. The second-order valence-corrected chi connectivity index (χ2v) is 5.90. The van der Waals surface area contributed by atoms with Gasteiger partial charge in [0.2, 0.25) is 0 Å². The average molecular weight is 252 g/mol. The number of ether oxygens (including phenoxy) is 1. The van der Waals surface area contributed by atoms with Crippen LogP contribution in [-0.2, 0) is 18.9 Å². The fourth-order valence-electron chi connectivity index (χ4n) is 2.22. The van der Waals surface area contributed by atoms with E-state index in [0.29, 0.717) is 0 Å². The molecule has 1 saturated heterocycles. The van der Waals surface area contributed by atoms with Crippen molar-refractivity contribution in [2.45, 2.75) is 17.2 Å². The Labute approximate surface area is 89.0 Å². The van der Waals surface area contributed by atoms with E-state index in [2.05, 4.69) is 0 Å². The molecule has 1 aliphatic heterocycles. The SMILES string of the molecule is O=C(O)C12CC1C(C(=O)O)(P(=O)(O)O)CO2. The van der Waals surface area contributed by atoms with Crippen molar-refractivity contribution in [1.82, 2.24) is 0 Å². The highest BCUT2D eigenvalue weighted by Crippen LogP contribution is 2.70. The summed E-state index contributed by atoms with van der Waals surface area (Å²) in [5, 5.41) is 15.3. The van der Waals surface area contributed by atoms with Gasteiger partial charge in [-0.1, -0.05) is 0 Å². The molecular weight excluding hydrogens is 243 g/mol. The van der Waals surface area contributed by atoms with E-state index in [1.807, 2.05) is 0 Å². The molecule has 2 aliphatic rings. The molecule has 0 aromatic carbocycles. The molecule has 0 spiro atoms. The van der Waals surface area contributed by atoms with Crippen molar-refractivity contribution in [1.29, 1.82) is 0 Å². The molecule has 0 aromatic heterocycles. The predicted octanol–water partition coefficient (Wildman–Crippen LogP) is -1.14. The molecule has 8 nitrogen and oxygen atoms in total. The van der Waals surface area contributed by atoms with Crippen molar-refractivity contribution >= 4 is 19.5 Å². The fourth-order valence-corrected chi connectivity index (χ4v) is 3.41. The van der Waals surface area contributed by atoms with Gasteiger partial charge in [0.15, 0.2) is 10.8 Å². The first-order valence-corrected chi connectivity index (χ1v) is 5.96. The van der Waals surface area contributed by atoms with Gasteiger partial charge >= 0.3 is 19.5 Å². The lowest BCUT2D eigenvalue weighted by atomic mass is 10.0. The van der Waals surface area contributed by atoms with Crippen LogP contribution in [0.3, 0.4) is 0 Å². The summed E-state index contributed by atoms with van der Waals surface area (Å²) in [6.07, 6.45) is -0.181. The van der Waals surface area contributed by atoms with Gasteiger partial charge in [0.1, 0.15) is 0 Å². The van der Waals surface area contributed by atoms with Crippen molar-refractivity contribution in [2.75, 3.05) is 6.61 Å². The Hall–Kier alpha value is -0.950. The molecule has 0 radical (unpaired) electrons. The van der Waals surface area contributed by atoms with E-state index >= 15 is 0 Å². The molecule has 1 aliphatic carbocycles. The van der Waals surface area contributed by atoms with Gasteiger partial charge in [0, 0.05) is 5.92 Å². The number of carboxylic acid groups (broad SMARTS) is 2. The van der Waals surface area contributed by atoms with E-state index < -0.39 is 42.8 Å². The van der Waals surface area contributed by atoms with Crippen LogP contribution < -0.4 is 0 Å². The van der Waals surface area contributed by atoms with Crippen molar-refractivity contribution in [3.63, 3.8) is 0 Å². The van der Waals surface area contributed by atoms with Crippen molar-refractivity contribution in [2.24, 2.45) is 5.92 Å². The lowest BCUT2D eigenvalue weighted by Gasteiger charge is -2.24. The maximum atomic E-state index is 11.2. The number of carboxylic acids is 2. The van der Waals surface area contributed by atoms with E-state index in [9.17, 15) is 14.2 Å². The number of aliphatic carboxylic acids is 2. The maximum Gasteiger partial charge on any atom is 0.345 e. The summed E-state index contributed by atoms with van der Waals surface area (Å²) in [6, 6.07) is 0. The Kier molecular flexibility index (Phi) is 2.04. The molecule has 16 heavy (non-hydrogen) atoms. The zero-order chi connectivity index (χ0) is 12.4. The third-order valence-electron chi connectivity index (χ3n) is 3.29. The highest BCUT2D eigenvalue weighted by molar-refractivity contribution is 7.55. The van der Waals surface area contributed by atoms with Crippen LogP contribution in [0.2, 0.25) is 0 Å². The van der Waals surface area contributed by atoms with Gasteiger partial charge in [-0.2, -0.15) is 0 Å². The van der Waals surface area contributed by atoms with Gasteiger partial charge in [-0.3, -0.25) is 9.36 Å². The Balaban J connectivity index is 2.46. The largest absolute Gasteiger partial charge is 0.480 e. The number of carbonyl (C=O) groups is 2. The predicted molar refractivity (Wildman–Crippen MR) is 46.8 cm³/mol. The summed E-state index contributed by atoms with van der Waals surface area (Å²) < 4.78 is 16.0. The first-order chi connectivity index (χ1) is 7.18. The van der Waals surface area contributed by atoms with Crippen LogP contribution >= 0.6 is 7.60 Å². The molecular formula is C7H9O8P. The summed E-state index contributed by atoms with van der Waals surface area (Å²) in [6.45, 7) is -0.774. The smallest absolute Gasteiger partial charge is 0.345 e. The average Bonchev–Trinajstić information content (AvgIpc) is 2.73. The van der Waals surface area contributed by atoms with Crippen molar-refractivity contribution < 1.29 is 38.9 Å². The Morgan fingerprint density at radius 3 is 2.00 bits per heavy atom. The molecule has 0 aromatic rings. The minimum Gasteiger partial charge on any atom is -0.480 e. The zero-order valence-corrected chi connectivity index (χ0v) is 8.76. The summed E-state index contributed by atoms with van der Waals surface area (Å²) in [5.41, 5.74) is -1.72. The quantitative estimate of drug-likeness (QED) is 0.462. The van der Waals surface area contributed by atoms with Crippen LogP contribution in [0.4, 0.5) is 0 Å². The first kappa shape index (κ1) is 11.5. The molecule has 9 heteroatoms. The van der Waals surface area contributed by atoms with Crippen molar-refractivity contribution in [3.05, 3.63) is 0 Å². The lowest BCUT2D eigenvalue weighted by Crippen LogP contribution is -2.42. The lowest BCUT2D eigenvalue weighted by molar-refractivity contribution is -0.152. The molecule has 3 atom stereocenters. The van der Waals surface area contributed by atoms with E-state index in [1.54, 1.807) is 0 Å². The summed E-state index contributed by atoms with van der Waals surface area (Å²) >= 11 is 0. The molecule has 0 amide bonds. The van der Waals surface area contributed by atoms with E-state index in [1.165, 1.54) is 0 Å². The van der Waals surface area contributed by atoms with Gasteiger partial charge < -0.3 is 24.7 Å². The van der Waals surface area contributed by atoms with Gasteiger partial charge in [-0.25, -0.2) is 4.79 Å². The molecule has 90 valence electrons. The van der Waals surface area contributed by atoms with Crippen molar-refractivity contribution in [3.8, 4) is 0 Å². The molecule has 2 rings (SSSR count). The highest BCUT2D eigenvalue weighted by Gasteiger charge is 2.82. The van der Waals surface area contributed by atoms with Gasteiger partial charge in [-0.15, -0.1) is 0 Å². The van der Waals surface area contributed by atoms with E-state index in [-0.39, 0.29) is 6.42 Å². The number of hydrogen-bond donors (Lipinski definition) is 4. The zero-order valence-electron chi connectivity index (χ0n) is 7.86. The highest BCUT2D eigenvalue weighted by atomic mass is 31.2. The summed E-state index contributed by atoms with van der Waals surface area (Å²) in [4.78, 5) is 40.0. The van der Waals surface area contributed by atoms with Crippen LogP contribution in [0.5, 0.6) is 0 Å². The Morgan fingerprint density at radius 1 is 1.25 bits per heavy atom. The van der Waals surface area contributed by atoms with Gasteiger partial charge in [0.25, 0.3) is 0 Å². The summed E-state index contributed by atoms with van der Waals surface area (Å²) in [5.74, 6) is -4.27. The fraction of sp³-hybridized carbons (Fsp3) is 0.714. The monoisotopic (exact) mass is 252 g/mol. The van der Waals surface area contributed by atoms with Crippen LogP contribution in [-0.4, -0.2) is 49.3 Å². The second-order valence-electron chi connectivity index (χ2n) is 4.01. The van der Waals surface area contributed by atoms with Crippen LogP contribution in [0.15, 0.2) is 0 Å². The minimum absolute atomic E-state index is 0.181. The third-order valence-corrected chi connectivity index (χ3v) is 4.96. The first-order valence-electron chi connectivity index (χ1n) is 4.35. The van der Waals surface area contributed by atoms with Crippen LogP contribution in [0, 0.1) is 5.92 Å². The number of rotatable bonds is 3. The molecule has 3 unspecified atom stereocenters. The van der Waals surface area contributed by atoms with Crippen LogP contribution in [0.1, 0.15) is 6.42 Å². The normalized spacial score (nSPS) is 41.5. The minimum atomic E-state index is -4.99. The number of hydrogen-bond acceptors (Lipinski definition) is 4. The van der Waals surface area contributed by atoms with E-state index in [0.717, 1.165) is 0 Å². The molecule has 2 fully saturated rings. The summed E-state index contributed by atoms with van der Waals surface area (Å²) in [7, 11) is -4.99. The molecule has 4 N–H and O–H groups in total.